The fourth-order valence-electron chi connectivity index (χ4n) is 3.59. The zero-order valence-electron chi connectivity index (χ0n) is 15.1. The molecule has 0 saturated heterocycles. The van der Waals surface area contributed by atoms with Crippen LogP contribution in [0.5, 0.6) is 5.75 Å². The summed E-state index contributed by atoms with van der Waals surface area (Å²) < 4.78 is 0. The van der Waals surface area contributed by atoms with Gasteiger partial charge in [-0.25, -0.2) is 4.79 Å². The minimum atomic E-state index is -0.949. The molecule has 1 atom stereocenters. The molecule has 3 rings (SSSR count). The summed E-state index contributed by atoms with van der Waals surface area (Å²) in [5.74, 6) is -0.531. The quantitative estimate of drug-likeness (QED) is 0.483. The SMILES string of the molecule is O=C(O)C=Cc1ccc(C=C2CCCCCC2c2ccc(O)c(Cl)c2)cc1. The molecule has 1 unspecified atom stereocenters. The minimum Gasteiger partial charge on any atom is -0.506 e. The first-order valence-corrected chi connectivity index (χ1v) is 9.60. The van der Waals surface area contributed by atoms with Crippen LogP contribution in [0.15, 0.2) is 54.1 Å². The van der Waals surface area contributed by atoms with Gasteiger partial charge in [-0.05, 0) is 54.2 Å². The summed E-state index contributed by atoms with van der Waals surface area (Å²) in [6.45, 7) is 0. The second kappa shape index (κ2) is 8.92. The van der Waals surface area contributed by atoms with Gasteiger partial charge >= 0.3 is 5.97 Å². The van der Waals surface area contributed by atoms with E-state index >= 15 is 0 Å². The van der Waals surface area contributed by atoms with E-state index in [-0.39, 0.29) is 5.75 Å². The molecule has 1 aliphatic carbocycles. The molecule has 0 spiro atoms. The molecule has 1 fully saturated rings. The summed E-state index contributed by atoms with van der Waals surface area (Å²) in [7, 11) is 0. The van der Waals surface area contributed by atoms with Crippen molar-refractivity contribution in [1.29, 1.82) is 0 Å². The number of halogens is 1. The smallest absolute Gasteiger partial charge is 0.328 e. The standard InChI is InChI=1S/C23H23ClO3/c24-21-15-19(11-12-22(21)25)20-5-3-1-2-4-18(20)14-17-8-6-16(7-9-17)10-13-23(26)27/h6-15,20,25H,1-5H2,(H,26,27). The summed E-state index contributed by atoms with van der Waals surface area (Å²) in [6.07, 6.45) is 10.7. The maximum atomic E-state index is 10.6. The van der Waals surface area contributed by atoms with Crippen LogP contribution in [0, 0.1) is 0 Å². The van der Waals surface area contributed by atoms with E-state index in [2.05, 4.69) is 6.08 Å². The van der Waals surface area contributed by atoms with Crippen molar-refractivity contribution in [2.24, 2.45) is 0 Å². The van der Waals surface area contributed by atoms with E-state index < -0.39 is 5.97 Å². The highest BCUT2D eigenvalue weighted by Crippen LogP contribution is 2.39. The lowest BCUT2D eigenvalue weighted by Crippen LogP contribution is -2.01. The molecule has 0 heterocycles. The van der Waals surface area contributed by atoms with Crippen LogP contribution in [-0.4, -0.2) is 16.2 Å². The van der Waals surface area contributed by atoms with Crippen molar-refractivity contribution in [3.8, 4) is 5.75 Å². The van der Waals surface area contributed by atoms with E-state index in [1.54, 1.807) is 12.1 Å². The lowest BCUT2D eigenvalue weighted by Gasteiger charge is -2.19. The molecule has 27 heavy (non-hydrogen) atoms. The van der Waals surface area contributed by atoms with Crippen molar-refractivity contribution in [2.45, 2.75) is 38.0 Å². The number of benzene rings is 2. The molecule has 2 aromatic rings. The molecule has 2 aromatic carbocycles. The molecule has 0 aromatic heterocycles. The zero-order chi connectivity index (χ0) is 19.2. The number of hydrogen-bond donors (Lipinski definition) is 2. The number of phenolic OH excluding ortho intramolecular Hbond substituents is 1. The lowest BCUT2D eigenvalue weighted by molar-refractivity contribution is -0.131. The maximum Gasteiger partial charge on any atom is 0.328 e. The first-order chi connectivity index (χ1) is 13.0. The third-order valence-corrected chi connectivity index (χ3v) is 5.29. The molecule has 1 saturated carbocycles. The van der Waals surface area contributed by atoms with Gasteiger partial charge in [0.1, 0.15) is 5.75 Å². The Balaban J connectivity index is 1.88. The van der Waals surface area contributed by atoms with Crippen molar-refractivity contribution in [2.75, 3.05) is 0 Å². The Labute approximate surface area is 164 Å². The Morgan fingerprint density at radius 2 is 1.78 bits per heavy atom. The first-order valence-electron chi connectivity index (χ1n) is 9.23. The fraction of sp³-hybridized carbons (Fsp3) is 0.261. The van der Waals surface area contributed by atoms with Crippen LogP contribution in [0.4, 0.5) is 0 Å². The van der Waals surface area contributed by atoms with Crippen LogP contribution in [-0.2, 0) is 4.79 Å². The van der Waals surface area contributed by atoms with E-state index in [4.69, 9.17) is 16.7 Å². The summed E-state index contributed by atoms with van der Waals surface area (Å²) in [4.78, 5) is 10.6. The Hall–Kier alpha value is -2.52. The molecule has 4 heteroatoms. The third-order valence-electron chi connectivity index (χ3n) is 4.99. The van der Waals surface area contributed by atoms with Gasteiger partial charge in [-0.3, -0.25) is 0 Å². The number of aromatic hydroxyl groups is 1. The molecule has 0 aliphatic heterocycles. The van der Waals surface area contributed by atoms with Gasteiger partial charge in [0.15, 0.2) is 0 Å². The van der Waals surface area contributed by atoms with Crippen molar-refractivity contribution in [3.63, 3.8) is 0 Å². The Morgan fingerprint density at radius 1 is 1.04 bits per heavy atom. The number of carboxylic acids is 1. The molecule has 0 amide bonds. The van der Waals surface area contributed by atoms with Crippen LogP contribution in [0.2, 0.25) is 5.02 Å². The Bertz CT molecular complexity index is 866. The van der Waals surface area contributed by atoms with E-state index in [1.165, 1.54) is 24.8 Å². The van der Waals surface area contributed by atoms with Crippen LogP contribution in [0.1, 0.15) is 54.7 Å². The monoisotopic (exact) mass is 382 g/mol. The Kier molecular flexibility index (Phi) is 6.36. The number of carboxylic acid groups (broad SMARTS) is 1. The lowest BCUT2D eigenvalue weighted by atomic mass is 9.86. The molecule has 0 bridgehead atoms. The van der Waals surface area contributed by atoms with Crippen LogP contribution >= 0.6 is 11.6 Å². The predicted molar refractivity (Wildman–Crippen MR) is 110 cm³/mol. The average molecular weight is 383 g/mol. The van der Waals surface area contributed by atoms with Crippen molar-refractivity contribution in [3.05, 3.63) is 75.8 Å². The first kappa shape index (κ1) is 19.2. The Morgan fingerprint density at radius 3 is 2.48 bits per heavy atom. The molecule has 1 aliphatic rings. The summed E-state index contributed by atoms with van der Waals surface area (Å²) in [5.41, 5.74) is 4.49. The largest absolute Gasteiger partial charge is 0.506 e. The number of aliphatic carboxylic acids is 1. The van der Waals surface area contributed by atoms with E-state index in [1.807, 2.05) is 36.4 Å². The van der Waals surface area contributed by atoms with Gasteiger partial charge < -0.3 is 10.2 Å². The topological polar surface area (TPSA) is 57.5 Å². The second-order valence-electron chi connectivity index (χ2n) is 6.92. The van der Waals surface area contributed by atoms with Gasteiger partial charge in [-0.1, -0.05) is 66.4 Å². The summed E-state index contributed by atoms with van der Waals surface area (Å²) >= 11 is 6.13. The number of rotatable bonds is 4. The third kappa shape index (κ3) is 5.24. The number of carbonyl (C=O) groups is 1. The van der Waals surface area contributed by atoms with Gasteiger partial charge in [-0.15, -0.1) is 0 Å². The number of phenols is 1. The summed E-state index contributed by atoms with van der Waals surface area (Å²) in [6, 6.07) is 13.4. The zero-order valence-corrected chi connectivity index (χ0v) is 15.8. The maximum absolute atomic E-state index is 10.6. The van der Waals surface area contributed by atoms with Gasteiger partial charge in [0.25, 0.3) is 0 Å². The van der Waals surface area contributed by atoms with Crippen LogP contribution in [0.25, 0.3) is 12.2 Å². The van der Waals surface area contributed by atoms with Crippen LogP contribution < -0.4 is 0 Å². The molecular weight excluding hydrogens is 360 g/mol. The molecular formula is C23H23ClO3. The van der Waals surface area contributed by atoms with Crippen molar-refractivity contribution < 1.29 is 15.0 Å². The molecule has 140 valence electrons. The number of hydrogen-bond acceptors (Lipinski definition) is 2. The minimum absolute atomic E-state index is 0.115. The van der Waals surface area contributed by atoms with E-state index in [9.17, 15) is 9.90 Å². The van der Waals surface area contributed by atoms with Crippen LogP contribution in [0.3, 0.4) is 0 Å². The highest BCUT2D eigenvalue weighted by Gasteiger charge is 2.20. The van der Waals surface area contributed by atoms with Gasteiger partial charge in [0.2, 0.25) is 0 Å². The van der Waals surface area contributed by atoms with Gasteiger partial charge in [0, 0.05) is 12.0 Å². The van der Waals surface area contributed by atoms with Crippen molar-refractivity contribution in [1.82, 2.24) is 0 Å². The molecule has 2 N–H and O–H groups in total. The highest BCUT2D eigenvalue weighted by atomic mass is 35.5. The predicted octanol–water partition coefficient (Wildman–Crippen LogP) is 6.27. The van der Waals surface area contributed by atoms with E-state index in [0.29, 0.717) is 10.9 Å². The highest BCUT2D eigenvalue weighted by molar-refractivity contribution is 6.32. The fourth-order valence-corrected chi connectivity index (χ4v) is 3.78. The van der Waals surface area contributed by atoms with Gasteiger partial charge in [-0.2, -0.15) is 0 Å². The second-order valence-corrected chi connectivity index (χ2v) is 7.33. The molecule has 0 radical (unpaired) electrons. The number of allylic oxidation sites excluding steroid dienone is 1. The molecule has 3 nitrogen and oxygen atoms in total. The van der Waals surface area contributed by atoms with Gasteiger partial charge in [0.05, 0.1) is 5.02 Å². The van der Waals surface area contributed by atoms with Crippen molar-refractivity contribution >= 4 is 29.7 Å². The van der Waals surface area contributed by atoms with E-state index in [0.717, 1.165) is 35.6 Å². The normalized spacial score (nSPS) is 19.3. The summed E-state index contributed by atoms with van der Waals surface area (Å²) in [5, 5.41) is 18.8. The average Bonchev–Trinajstić information content (AvgIpc) is 2.89.